The molecule has 1 aliphatic rings. The van der Waals surface area contributed by atoms with Crippen molar-refractivity contribution in [3.63, 3.8) is 0 Å². The fourth-order valence-corrected chi connectivity index (χ4v) is 8.74. The van der Waals surface area contributed by atoms with E-state index in [1.165, 1.54) is 0 Å². The van der Waals surface area contributed by atoms with Gasteiger partial charge >= 0.3 is 0 Å². The van der Waals surface area contributed by atoms with Gasteiger partial charge in [-0.25, -0.2) is 19.9 Å². The molecule has 0 fully saturated rings. The van der Waals surface area contributed by atoms with E-state index in [1.54, 1.807) is 12.7 Å². The minimum Gasteiger partial charge on any atom is -0.278 e. The van der Waals surface area contributed by atoms with Crippen LogP contribution in [0.5, 0.6) is 0 Å². The molecule has 0 atom stereocenters. The maximum atomic E-state index is 5.16. The van der Waals surface area contributed by atoms with E-state index in [-0.39, 0.29) is 0 Å². The van der Waals surface area contributed by atoms with Gasteiger partial charge in [0, 0.05) is 32.8 Å². The topological polar surface area (TPSA) is 85.5 Å². The Morgan fingerprint density at radius 3 is 1.60 bits per heavy atom. The van der Waals surface area contributed by atoms with Gasteiger partial charge in [-0.05, 0) is 63.5 Å². The summed E-state index contributed by atoms with van der Waals surface area (Å²) in [5.41, 5.74) is 12.5. The third-order valence-electron chi connectivity index (χ3n) is 11.4. The monoisotopic (exact) mass is 768 g/mol. The fourth-order valence-electron chi connectivity index (χ4n) is 8.74. The summed E-state index contributed by atoms with van der Waals surface area (Å²) in [5, 5.41) is 4.44. The number of benzene rings is 8. The number of fused-ring (bicyclic) bond motifs is 5. The second kappa shape index (κ2) is 13.6. The largest absolute Gasteiger partial charge is 0.278 e. The molecule has 0 amide bonds. The summed E-state index contributed by atoms with van der Waals surface area (Å²) in [4.78, 5) is 31.4. The molecule has 4 heterocycles. The Kier molecular flexibility index (Phi) is 7.67. The molecule has 8 aromatic carbocycles. The summed E-state index contributed by atoms with van der Waals surface area (Å²) in [6.45, 7) is 0. The van der Waals surface area contributed by atoms with E-state index in [1.807, 2.05) is 66.7 Å². The van der Waals surface area contributed by atoms with E-state index < -0.39 is 0 Å². The van der Waals surface area contributed by atoms with Crippen LogP contribution in [0, 0.1) is 0 Å². The highest BCUT2D eigenvalue weighted by molar-refractivity contribution is 6.21. The molecule has 11 aromatic rings. The predicted molar refractivity (Wildman–Crippen MR) is 240 cm³/mol. The summed E-state index contributed by atoms with van der Waals surface area (Å²) in [6, 6.07) is 63.4. The van der Waals surface area contributed by atoms with Crippen molar-refractivity contribution in [3.8, 4) is 62.1 Å². The quantitative estimate of drug-likeness (QED) is 0.166. The molecular formula is C52H32N8. The van der Waals surface area contributed by atoms with Crippen molar-refractivity contribution in [1.29, 1.82) is 0 Å². The second-order valence-electron chi connectivity index (χ2n) is 14.8. The van der Waals surface area contributed by atoms with Crippen molar-refractivity contribution < 1.29 is 0 Å². The second-order valence-corrected chi connectivity index (χ2v) is 14.8. The minimum atomic E-state index is 0.522. The van der Waals surface area contributed by atoms with Crippen LogP contribution in [0.4, 0.5) is 17.3 Å². The van der Waals surface area contributed by atoms with Crippen molar-refractivity contribution in [2.45, 2.75) is 0 Å². The summed E-state index contributed by atoms with van der Waals surface area (Å²) < 4.78 is 2.16. The van der Waals surface area contributed by atoms with Crippen LogP contribution in [-0.4, -0.2) is 34.5 Å². The average Bonchev–Trinajstić information content (AvgIpc) is 3.65. The number of nitrogens with zero attached hydrogens (tertiary/aromatic N) is 8. The Morgan fingerprint density at radius 1 is 0.333 bits per heavy atom. The fraction of sp³-hybridized carbons (Fsp3) is 0. The van der Waals surface area contributed by atoms with Crippen molar-refractivity contribution in [1.82, 2.24) is 34.5 Å². The molecule has 0 unspecified atom stereocenters. The van der Waals surface area contributed by atoms with Gasteiger partial charge in [-0.3, -0.25) is 9.47 Å². The lowest BCUT2D eigenvalue weighted by molar-refractivity contribution is 0.946. The number of hydrogen-bond acceptors (Lipinski definition) is 7. The highest BCUT2D eigenvalue weighted by Gasteiger charge is 2.31. The Hall–Kier alpha value is -8.36. The van der Waals surface area contributed by atoms with Gasteiger partial charge in [-0.2, -0.15) is 9.97 Å². The molecule has 0 N–H and O–H groups in total. The zero-order valence-electron chi connectivity index (χ0n) is 32.1. The van der Waals surface area contributed by atoms with Gasteiger partial charge in [0.15, 0.2) is 11.6 Å². The van der Waals surface area contributed by atoms with Crippen molar-refractivity contribution >= 4 is 49.9 Å². The minimum absolute atomic E-state index is 0.522. The Bertz CT molecular complexity index is 3420. The van der Waals surface area contributed by atoms with Crippen LogP contribution < -0.4 is 4.90 Å². The molecule has 280 valence electrons. The first-order valence-corrected chi connectivity index (χ1v) is 19.9. The molecule has 3 aromatic heterocycles. The van der Waals surface area contributed by atoms with Crippen LogP contribution in [0.3, 0.4) is 0 Å². The van der Waals surface area contributed by atoms with Gasteiger partial charge in [-0.1, -0.05) is 152 Å². The van der Waals surface area contributed by atoms with Crippen LogP contribution in [-0.2, 0) is 0 Å². The standard InChI is InChI=1S/C52H32N8/c1-5-14-33(15-6-1)37-24-27-44-41(28-37)43-29-42-40-26-25-38(34-16-7-2-8-17-34)39-22-13-23-45(48(39)40)60(52-56-32-54-50(58-52)36-20-11-4-12-21-36)46(42)30-47(43)59(44)51-55-31-53-49(57-51)35-18-9-3-10-19-35/h1-32H. The van der Waals surface area contributed by atoms with Crippen LogP contribution in [0.25, 0.3) is 94.7 Å². The Labute approximate surface area is 344 Å². The first kappa shape index (κ1) is 33.7. The van der Waals surface area contributed by atoms with E-state index in [4.69, 9.17) is 19.9 Å². The lowest BCUT2D eigenvalue weighted by Crippen LogP contribution is -2.18. The van der Waals surface area contributed by atoms with Crippen molar-refractivity contribution in [2.75, 3.05) is 4.90 Å². The van der Waals surface area contributed by atoms with Gasteiger partial charge in [0.1, 0.15) is 12.7 Å². The first-order chi connectivity index (χ1) is 29.8. The molecule has 0 spiro atoms. The van der Waals surface area contributed by atoms with E-state index in [2.05, 4.69) is 135 Å². The SMILES string of the molecule is c1ccc(-c2ccc3c(c2)c2cc4c(cc2n3-c2ncnc(-c3ccccc3)n2)N(c2ncnc(-c3ccccc3)n2)c2cccc3c(-c5ccccc5)ccc-4c23)cc1. The van der Waals surface area contributed by atoms with Crippen LogP contribution in [0.15, 0.2) is 195 Å². The molecule has 0 saturated heterocycles. The maximum Gasteiger partial charge on any atom is 0.238 e. The molecule has 1 aliphatic heterocycles. The highest BCUT2D eigenvalue weighted by atomic mass is 15.3. The van der Waals surface area contributed by atoms with Gasteiger partial charge in [0.2, 0.25) is 11.9 Å². The third kappa shape index (κ3) is 5.39. The summed E-state index contributed by atoms with van der Waals surface area (Å²) in [7, 11) is 0. The zero-order valence-corrected chi connectivity index (χ0v) is 32.1. The Morgan fingerprint density at radius 2 is 0.917 bits per heavy atom. The van der Waals surface area contributed by atoms with Gasteiger partial charge in [-0.15, -0.1) is 0 Å². The van der Waals surface area contributed by atoms with Crippen LogP contribution in [0.1, 0.15) is 0 Å². The number of anilines is 3. The molecule has 0 bridgehead atoms. The molecule has 0 radical (unpaired) electrons. The van der Waals surface area contributed by atoms with E-state index in [0.29, 0.717) is 23.5 Å². The first-order valence-electron chi connectivity index (χ1n) is 19.9. The third-order valence-corrected chi connectivity index (χ3v) is 11.4. The smallest absolute Gasteiger partial charge is 0.238 e. The Balaban J connectivity index is 1.18. The van der Waals surface area contributed by atoms with Gasteiger partial charge < -0.3 is 0 Å². The summed E-state index contributed by atoms with van der Waals surface area (Å²) in [5.74, 6) is 2.25. The van der Waals surface area contributed by atoms with Crippen molar-refractivity contribution in [3.05, 3.63) is 195 Å². The number of aromatic nitrogens is 7. The van der Waals surface area contributed by atoms with E-state index in [9.17, 15) is 0 Å². The molecule has 12 rings (SSSR count). The van der Waals surface area contributed by atoms with Crippen LogP contribution in [0.2, 0.25) is 0 Å². The molecule has 0 aliphatic carbocycles. The van der Waals surface area contributed by atoms with Gasteiger partial charge in [0.05, 0.1) is 22.4 Å². The molecular weight excluding hydrogens is 737 g/mol. The van der Waals surface area contributed by atoms with Crippen molar-refractivity contribution in [2.24, 2.45) is 0 Å². The average molecular weight is 769 g/mol. The van der Waals surface area contributed by atoms with Crippen LogP contribution >= 0.6 is 0 Å². The highest BCUT2D eigenvalue weighted by Crippen LogP contribution is 2.53. The molecule has 8 heteroatoms. The molecule has 60 heavy (non-hydrogen) atoms. The lowest BCUT2D eigenvalue weighted by Gasteiger charge is -2.32. The zero-order chi connectivity index (χ0) is 39.6. The maximum absolute atomic E-state index is 5.16. The van der Waals surface area contributed by atoms with E-state index in [0.717, 1.165) is 88.5 Å². The summed E-state index contributed by atoms with van der Waals surface area (Å²) in [6.07, 6.45) is 3.21. The summed E-state index contributed by atoms with van der Waals surface area (Å²) >= 11 is 0. The normalized spacial score (nSPS) is 12.0. The number of hydrogen-bond donors (Lipinski definition) is 0. The molecule has 8 nitrogen and oxygen atoms in total. The molecule has 0 saturated carbocycles. The number of rotatable bonds is 6. The lowest BCUT2D eigenvalue weighted by atomic mass is 9.87. The van der Waals surface area contributed by atoms with Gasteiger partial charge in [0.25, 0.3) is 0 Å². The predicted octanol–water partition coefficient (Wildman–Crippen LogP) is 12.4. The van der Waals surface area contributed by atoms with E-state index >= 15 is 0 Å².